The molecule has 0 saturated carbocycles. The van der Waals surface area contributed by atoms with E-state index in [0.717, 1.165) is 50.0 Å². The molecule has 162 valence electrons. The van der Waals surface area contributed by atoms with Crippen LogP contribution >= 0.6 is 0 Å². The number of hydrogen-bond acceptors (Lipinski definition) is 4. The highest BCUT2D eigenvalue weighted by atomic mass is 19.1. The van der Waals surface area contributed by atoms with E-state index in [1.54, 1.807) is 17.0 Å². The number of likely N-dealkylation sites (tertiary alicyclic amines) is 2. The van der Waals surface area contributed by atoms with E-state index in [0.29, 0.717) is 18.7 Å². The minimum atomic E-state index is -0.241. The minimum Gasteiger partial charge on any atom is -0.453 e. The molecule has 0 radical (unpaired) electrons. The quantitative estimate of drug-likeness (QED) is 0.741. The Kier molecular flexibility index (Phi) is 5.82. The minimum absolute atomic E-state index is 0.0942. The average molecular weight is 415 g/mol. The van der Waals surface area contributed by atoms with Crippen LogP contribution in [0, 0.1) is 5.82 Å². The summed E-state index contributed by atoms with van der Waals surface area (Å²) in [5.41, 5.74) is 2.44. The van der Waals surface area contributed by atoms with E-state index in [1.807, 2.05) is 10.7 Å². The van der Waals surface area contributed by atoms with Crippen molar-refractivity contribution < 1.29 is 13.9 Å². The summed E-state index contributed by atoms with van der Waals surface area (Å²) in [7, 11) is 1.44. The van der Waals surface area contributed by atoms with Crippen LogP contribution in [0.3, 0.4) is 0 Å². The van der Waals surface area contributed by atoms with Crippen LogP contribution in [0.2, 0.25) is 0 Å². The molecule has 0 unspecified atom stereocenters. The maximum absolute atomic E-state index is 14.6. The number of aromatic nitrogens is 2. The van der Waals surface area contributed by atoms with E-state index in [2.05, 4.69) is 24.9 Å². The molecule has 2 saturated heterocycles. The zero-order valence-electron chi connectivity index (χ0n) is 18.1. The van der Waals surface area contributed by atoms with Gasteiger partial charge in [-0.25, -0.2) is 9.18 Å². The number of hydrogen-bond donors (Lipinski definition) is 0. The molecule has 2 fully saturated rings. The molecule has 0 bridgehead atoms. The summed E-state index contributed by atoms with van der Waals surface area (Å²) in [5.74, 6) is -0.240. The molecule has 1 aromatic carbocycles. The number of carbonyl (C=O) groups excluding carboxylic acids is 1. The van der Waals surface area contributed by atoms with E-state index in [9.17, 15) is 9.18 Å². The van der Waals surface area contributed by atoms with Crippen LogP contribution in [0.15, 0.2) is 30.5 Å². The van der Waals surface area contributed by atoms with Crippen molar-refractivity contribution in [2.24, 2.45) is 0 Å². The van der Waals surface area contributed by atoms with Gasteiger partial charge in [0.25, 0.3) is 0 Å². The van der Waals surface area contributed by atoms with Gasteiger partial charge in [-0.15, -0.1) is 0 Å². The predicted molar refractivity (Wildman–Crippen MR) is 114 cm³/mol. The summed E-state index contributed by atoms with van der Waals surface area (Å²) < 4.78 is 21.4. The first-order chi connectivity index (χ1) is 14.4. The number of halogens is 1. The molecule has 1 aromatic heterocycles. The molecule has 0 aliphatic carbocycles. The van der Waals surface area contributed by atoms with Gasteiger partial charge in [0.05, 0.1) is 12.8 Å². The highest BCUT2D eigenvalue weighted by Crippen LogP contribution is 2.40. The Morgan fingerprint density at radius 1 is 1.20 bits per heavy atom. The molecule has 7 heteroatoms. The molecule has 2 aliphatic rings. The third kappa shape index (κ3) is 3.83. The zero-order valence-corrected chi connectivity index (χ0v) is 18.1. The second-order valence-electron chi connectivity index (χ2n) is 8.76. The number of ether oxygens (including phenoxy) is 1. The summed E-state index contributed by atoms with van der Waals surface area (Å²) in [4.78, 5) is 16.2. The topological polar surface area (TPSA) is 50.6 Å². The SMILES string of the molecule is COC(=O)N1CCC2(CCCN2Cc2cn(C(C)C)nc2-c2ccccc2F)CC1. The molecule has 0 atom stereocenters. The van der Waals surface area contributed by atoms with Gasteiger partial charge in [-0.05, 0) is 58.2 Å². The third-order valence-electron chi connectivity index (χ3n) is 6.69. The molecule has 6 nitrogen and oxygen atoms in total. The molecule has 2 aromatic rings. The van der Waals surface area contributed by atoms with Crippen molar-refractivity contribution in [3.8, 4) is 11.3 Å². The maximum atomic E-state index is 14.6. The molecular formula is C23H31FN4O2. The van der Waals surface area contributed by atoms with Gasteiger partial charge in [0, 0.05) is 48.5 Å². The average Bonchev–Trinajstić information content (AvgIpc) is 3.33. The Balaban J connectivity index is 1.59. The fourth-order valence-electron chi connectivity index (χ4n) is 4.94. The molecule has 1 spiro atoms. The van der Waals surface area contributed by atoms with Gasteiger partial charge in [0.15, 0.2) is 0 Å². The van der Waals surface area contributed by atoms with Gasteiger partial charge in [0.1, 0.15) is 5.82 Å². The smallest absolute Gasteiger partial charge is 0.409 e. The van der Waals surface area contributed by atoms with Gasteiger partial charge in [-0.2, -0.15) is 5.10 Å². The van der Waals surface area contributed by atoms with Crippen molar-refractivity contribution in [3.63, 3.8) is 0 Å². The summed E-state index contributed by atoms with van der Waals surface area (Å²) in [6.07, 6.45) is 5.99. The molecule has 1 amide bonds. The number of carbonyl (C=O) groups is 1. The van der Waals surface area contributed by atoms with E-state index in [1.165, 1.54) is 13.2 Å². The van der Waals surface area contributed by atoms with Crippen LogP contribution in [0.5, 0.6) is 0 Å². The normalized spacial score (nSPS) is 19.0. The number of benzene rings is 1. The number of rotatable bonds is 4. The summed E-state index contributed by atoms with van der Waals surface area (Å²) in [6.45, 7) is 7.36. The first kappa shape index (κ1) is 20.8. The standard InChI is InChI=1S/C23H31FN4O2/c1-17(2)28-16-18(21(25-28)19-7-4-5-8-20(19)24)15-27-12-6-9-23(27)10-13-26(14-11-23)22(29)30-3/h4-5,7-8,16-17H,6,9-15H2,1-3H3. The molecule has 30 heavy (non-hydrogen) atoms. The molecule has 0 N–H and O–H groups in total. The lowest BCUT2D eigenvalue weighted by atomic mass is 9.85. The fraction of sp³-hybridized carbons (Fsp3) is 0.565. The predicted octanol–water partition coefficient (Wildman–Crippen LogP) is 4.47. The second-order valence-corrected chi connectivity index (χ2v) is 8.76. The van der Waals surface area contributed by atoms with Crippen LogP contribution in [0.4, 0.5) is 9.18 Å². The third-order valence-corrected chi connectivity index (χ3v) is 6.69. The van der Waals surface area contributed by atoms with Crippen molar-refractivity contribution >= 4 is 6.09 Å². The Morgan fingerprint density at radius 3 is 2.60 bits per heavy atom. The number of methoxy groups -OCH3 is 1. The highest BCUT2D eigenvalue weighted by molar-refractivity contribution is 5.67. The van der Waals surface area contributed by atoms with Crippen molar-refractivity contribution in [2.75, 3.05) is 26.7 Å². The van der Waals surface area contributed by atoms with Crippen LogP contribution in [-0.2, 0) is 11.3 Å². The van der Waals surface area contributed by atoms with Crippen molar-refractivity contribution in [2.45, 2.75) is 57.7 Å². The second kappa shape index (κ2) is 8.38. The number of nitrogens with zero attached hydrogens (tertiary/aromatic N) is 4. The Morgan fingerprint density at radius 2 is 1.93 bits per heavy atom. The van der Waals surface area contributed by atoms with Crippen molar-refractivity contribution in [1.29, 1.82) is 0 Å². The maximum Gasteiger partial charge on any atom is 0.409 e. The monoisotopic (exact) mass is 414 g/mol. The van der Waals surface area contributed by atoms with Gasteiger partial charge in [-0.1, -0.05) is 12.1 Å². The van der Waals surface area contributed by atoms with Crippen LogP contribution in [0.1, 0.15) is 51.1 Å². The molecular weight excluding hydrogens is 383 g/mol. The zero-order chi connectivity index (χ0) is 21.3. The number of amides is 1. The van der Waals surface area contributed by atoms with Gasteiger partial charge < -0.3 is 9.64 Å². The molecule has 2 aliphatic heterocycles. The highest BCUT2D eigenvalue weighted by Gasteiger charge is 2.44. The lowest BCUT2D eigenvalue weighted by Crippen LogP contribution is -2.52. The van der Waals surface area contributed by atoms with Crippen molar-refractivity contribution in [3.05, 3.63) is 41.8 Å². The largest absolute Gasteiger partial charge is 0.453 e. The molecule has 3 heterocycles. The first-order valence-electron chi connectivity index (χ1n) is 10.8. The van der Waals surface area contributed by atoms with Gasteiger partial charge in [-0.3, -0.25) is 9.58 Å². The Hall–Kier alpha value is -2.41. The molecule has 4 rings (SSSR count). The van der Waals surface area contributed by atoms with Crippen LogP contribution in [0.25, 0.3) is 11.3 Å². The van der Waals surface area contributed by atoms with E-state index >= 15 is 0 Å². The lowest BCUT2D eigenvalue weighted by Gasteiger charge is -2.44. The Labute approximate surface area is 177 Å². The van der Waals surface area contributed by atoms with Crippen LogP contribution in [-0.4, -0.2) is 58.0 Å². The summed E-state index contributed by atoms with van der Waals surface area (Å²) >= 11 is 0. The lowest BCUT2D eigenvalue weighted by molar-refractivity contribution is 0.0430. The van der Waals surface area contributed by atoms with E-state index in [-0.39, 0.29) is 23.5 Å². The summed E-state index contributed by atoms with van der Waals surface area (Å²) in [5, 5.41) is 4.74. The van der Waals surface area contributed by atoms with Crippen LogP contribution < -0.4 is 0 Å². The van der Waals surface area contributed by atoms with E-state index < -0.39 is 0 Å². The Bertz CT molecular complexity index is 902. The first-order valence-corrected chi connectivity index (χ1v) is 10.8. The van der Waals surface area contributed by atoms with Gasteiger partial charge >= 0.3 is 6.09 Å². The van der Waals surface area contributed by atoms with E-state index in [4.69, 9.17) is 9.84 Å². The van der Waals surface area contributed by atoms with Gasteiger partial charge in [0.2, 0.25) is 0 Å². The van der Waals surface area contributed by atoms with Crippen molar-refractivity contribution in [1.82, 2.24) is 19.6 Å². The summed E-state index contributed by atoms with van der Waals surface area (Å²) in [6, 6.07) is 7.08. The number of piperidine rings is 1. The fourth-order valence-corrected chi connectivity index (χ4v) is 4.94.